The Labute approximate surface area is 88.5 Å². The summed E-state index contributed by atoms with van der Waals surface area (Å²) in [6.45, 7) is 0.365. The standard InChI is InChI=1S/C10H13ClN2O/c1-13(10(14)5-6-12)9-4-2-3-8(11)7-9/h2-4,7H,5-6,12H2,1H3. The van der Waals surface area contributed by atoms with Gasteiger partial charge in [0, 0.05) is 30.7 Å². The average Bonchev–Trinajstić information content (AvgIpc) is 2.17. The fourth-order valence-corrected chi connectivity index (χ4v) is 1.30. The molecule has 0 saturated heterocycles. The number of amides is 1. The normalized spacial score (nSPS) is 9.93. The fraction of sp³-hybridized carbons (Fsp3) is 0.300. The zero-order valence-corrected chi connectivity index (χ0v) is 8.79. The lowest BCUT2D eigenvalue weighted by Gasteiger charge is -2.16. The Hall–Kier alpha value is -1.06. The van der Waals surface area contributed by atoms with Gasteiger partial charge in [-0.2, -0.15) is 0 Å². The molecule has 0 saturated carbocycles. The van der Waals surface area contributed by atoms with Gasteiger partial charge in [-0.25, -0.2) is 0 Å². The molecule has 1 amide bonds. The molecule has 3 nitrogen and oxygen atoms in total. The molecule has 0 fully saturated rings. The van der Waals surface area contributed by atoms with E-state index in [4.69, 9.17) is 17.3 Å². The van der Waals surface area contributed by atoms with Crippen molar-refractivity contribution in [2.24, 2.45) is 5.73 Å². The van der Waals surface area contributed by atoms with Crippen LogP contribution in [0.2, 0.25) is 5.02 Å². The molecule has 0 aromatic heterocycles. The van der Waals surface area contributed by atoms with E-state index >= 15 is 0 Å². The molecule has 0 unspecified atom stereocenters. The maximum absolute atomic E-state index is 11.5. The highest BCUT2D eigenvalue weighted by Gasteiger charge is 2.09. The van der Waals surface area contributed by atoms with Gasteiger partial charge >= 0.3 is 0 Å². The van der Waals surface area contributed by atoms with Crippen LogP contribution in [0.25, 0.3) is 0 Å². The predicted molar refractivity (Wildman–Crippen MR) is 58.5 cm³/mol. The van der Waals surface area contributed by atoms with E-state index in [0.717, 1.165) is 5.69 Å². The number of anilines is 1. The van der Waals surface area contributed by atoms with E-state index in [1.165, 1.54) is 0 Å². The van der Waals surface area contributed by atoms with Crippen LogP contribution in [-0.4, -0.2) is 19.5 Å². The zero-order valence-electron chi connectivity index (χ0n) is 8.03. The van der Waals surface area contributed by atoms with E-state index in [1.54, 1.807) is 24.1 Å². The molecule has 76 valence electrons. The van der Waals surface area contributed by atoms with Crippen LogP contribution in [0.5, 0.6) is 0 Å². The smallest absolute Gasteiger partial charge is 0.227 e. The van der Waals surface area contributed by atoms with E-state index in [-0.39, 0.29) is 5.91 Å². The minimum Gasteiger partial charge on any atom is -0.330 e. The van der Waals surface area contributed by atoms with E-state index in [0.29, 0.717) is 18.0 Å². The van der Waals surface area contributed by atoms with Gasteiger partial charge in [0.25, 0.3) is 0 Å². The fourth-order valence-electron chi connectivity index (χ4n) is 1.12. The van der Waals surface area contributed by atoms with Crippen molar-refractivity contribution in [3.63, 3.8) is 0 Å². The van der Waals surface area contributed by atoms with Crippen molar-refractivity contribution in [3.8, 4) is 0 Å². The lowest BCUT2D eigenvalue weighted by atomic mass is 10.3. The van der Waals surface area contributed by atoms with Gasteiger partial charge in [-0.15, -0.1) is 0 Å². The van der Waals surface area contributed by atoms with Crippen molar-refractivity contribution in [3.05, 3.63) is 29.3 Å². The first-order valence-electron chi connectivity index (χ1n) is 4.37. The third-order valence-electron chi connectivity index (χ3n) is 1.93. The molecule has 14 heavy (non-hydrogen) atoms. The summed E-state index contributed by atoms with van der Waals surface area (Å²) in [6, 6.07) is 7.16. The highest BCUT2D eigenvalue weighted by atomic mass is 35.5. The van der Waals surface area contributed by atoms with Crippen LogP contribution in [-0.2, 0) is 4.79 Å². The molecule has 1 aromatic carbocycles. The summed E-state index contributed by atoms with van der Waals surface area (Å²) in [5.41, 5.74) is 6.09. The number of hydrogen-bond donors (Lipinski definition) is 1. The van der Waals surface area contributed by atoms with Crippen LogP contribution in [0.15, 0.2) is 24.3 Å². The Morgan fingerprint density at radius 1 is 1.57 bits per heavy atom. The van der Waals surface area contributed by atoms with Gasteiger partial charge in [-0.05, 0) is 18.2 Å². The number of nitrogens with zero attached hydrogens (tertiary/aromatic N) is 1. The summed E-state index contributed by atoms with van der Waals surface area (Å²) in [5, 5.41) is 0.620. The Balaban J connectivity index is 2.78. The number of carbonyl (C=O) groups is 1. The van der Waals surface area contributed by atoms with E-state index in [2.05, 4.69) is 0 Å². The molecule has 4 heteroatoms. The number of rotatable bonds is 3. The van der Waals surface area contributed by atoms with Crippen molar-refractivity contribution < 1.29 is 4.79 Å². The van der Waals surface area contributed by atoms with Crippen LogP contribution < -0.4 is 10.6 Å². The molecule has 0 bridgehead atoms. The van der Waals surface area contributed by atoms with Gasteiger partial charge in [0.2, 0.25) is 5.91 Å². The molecular weight excluding hydrogens is 200 g/mol. The van der Waals surface area contributed by atoms with Gasteiger partial charge in [0.1, 0.15) is 0 Å². The molecule has 0 heterocycles. The number of carbonyl (C=O) groups excluding carboxylic acids is 1. The van der Waals surface area contributed by atoms with E-state index in [1.807, 2.05) is 12.1 Å². The molecule has 0 aliphatic heterocycles. The van der Waals surface area contributed by atoms with Crippen LogP contribution in [0, 0.1) is 0 Å². The molecule has 0 atom stereocenters. The second-order valence-corrected chi connectivity index (χ2v) is 3.41. The second-order valence-electron chi connectivity index (χ2n) is 2.97. The minimum atomic E-state index is -0.00485. The van der Waals surface area contributed by atoms with Gasteiger partial charge in [0.15, 0.2) is 0 Å². The molecule has 0 aliphatic rings. The summed E-state index contributed by atoms with van der Waals surface area (Å²) >= 11 is 5.81. The van der Waals surface area contributed by atoms with Crippen molar-refractivity contribution in [2.45, 2.75) is 6.42 Å². The first-order valence-corrected chi connectivity index (χ1v) is 4.75. The van der Waals surface area contributed by atoms with Crippen molar-refractivity contribution in [1.29, 1.82) is 0 Å². The highest BCUT2D eigenvalue weighted by molar-refractivity contribution is 6.30. The van der Waals surface area contributed by atoms with Gasteiger partial charge in [0.05, 0.1) is 0 Å². The van der Waals surface area contributed by atoms with E-state index < -0.39 is 0 Å². The summed E-state index contributed by atoms with van der Waals surface area (Å²) < 4.78 is 0. The maximum atomic E-state index is 11.5. The number of nitrogens with two attached hydrogens (primary N) is 1. The van der Waals surface area contributed by atoms with Gasteiger partial charge in [-0.1, -0.05) is 17.7 Å². The monoisotopic (exact) mass is 212 g/mol. The third kappa shape index (κ3) is 2.72. The lowest BCUT2D eigenvalue weighted by Crippen LogP contribution is -2.27. The first-order chi connectivity index (χ1) is 6.65. The lowest BCUT2D eigenvalue weighted by molar-refractivity contribution is -0.118. The molecule has 1 rings (SSSR count). The first kappa shape index (κ1) is 11.0. The summed E-state index contributed by atoms with van der Waals surface area (Å²) in [4.78, 5) is 13.0. The Bertz CT molecular complexity index is 328. The highest BCUT2D eigenvalue weighted by Crippen LogP contribution is 2.18. The average molecular weight is 213 g/mol. The topological polar surface area (TPSA) is 46.3 Å². The SMILES string of the molecule is CN(C(=O)CCN)c1cccc(Cl)c1. The molecular formula is C10H13ClN2O. The predicted octanol–water partition coefficient (Wildman–Crippen LogP) is 1.65. The zero-order chi connectivity index (χ0) is 10.6. The summed E-state index contributed by atoms with van der Waals surface area (Å²) in [5.74, 6) is -0.00485. The van der Waals surface area contributed by atoms with Crippen molar-refractivity contribution >= 4 is 23.2 Å². The number of benzene rings is 1. The van der Waals surface area contributed by atoms with Gasteiger partial charge < -0.3 is 10.6 Å². The second kappa shape index (κ2) is 4.98. The molecule has 0 aliphatic carbocycles. The maximum Gasteiger partial charge on any atom is 0.227 e. The molecule has 0 spiro atoms. The van der Waals surface area contributed by atoms with Gasteiger partial charge in [-0.3, -0.25) is 4.79 Å². The third-order valence-corrected chi connectivity index (χ3v) is 2.16. The van der Waals surface area contributed by atoms with E-state index in [9.17, 15) is 4.79 Å². The van der Waals surface area contributed by atoms with Crippen LogP contribution >= 0.6 is 11.6 Å². The molecule has 0 radical (unpaired) electrons. The Morgan fingerprint density at radius 2 is 2.29 bits per heavy atom. The number of hydrogen-bond acceptors (Lipinski definition) is 2. The minimum absolute atomic E-state index is 0.00485. The summed E-state index contributed by atoms with van der Waals surface area (Å²) in [7, 11) is 1.71. The Morgan fingerprint density at radius 3 is 2.86 bits per heavy atom. The largest absolute Gasteiger partial charge is 0.330 e. The Kier molecular flexibility index (Phi) is 3.92. The molecule has 1 aromatic rings. The van der Waals surface area contributed by atoms with Crippen LogP contribution in [0.4, 0.5) is 5.69 Å². The van der Waals surface area contributed by atoms with Crippen LogP contribution in [0.1, 0.15) is 6.42 Å². The quantitative estimate of drug-likeness (QED) is 0.828. The molecule has 2 N–H and O–H groups in total. The van der Waals surface area contributed by atoms with Crippen LogP contribution in [0.3, 0.4) is 0 Å². The van der Waals surface area contributed by atoms with Crippen molar-refractivity contribution in [1.82, 2.24) is 0 Å². The number of halogens is 1. The summed E-state index contributed by atoms with van der Waals surface area (Å²) in [6.07, 6.45) is 0.350. The van der Waals surface area contributed by atoms with Crippen molar-refractivity contribution in [2.75, 3.05) is 18.5 Å².